The van der Waals surface area contributed by atoms with Gasteiger partial charge in [0.15, 0.2) is 0 Å². The van der Waals surface area contributed by atoms with E-state index < -0.39 is 0 Å². The quantitative estimate of drug-likeness (QED) is 0.645. The van der Waals surface area contributed by atoms with Gasteiger partial charge in [-0.1, -0.05) is 41.9 Å². The topological polar surface area (TPSA) is 17.8 Å². The van der Waals surface area contributed by atoms with E-state index >= 15 is 0 Å². The van der Waals surface area contributed by atoms with Gasteiger partial charge in [0.05, 0.1) is 16.2 Å². The molecule has 1 heterocycles. The smallest absolute Gasteiger partial charge is 0.0708 e. The maximum atomic E-state index is 6.40. The molecule has 0 saturated carbocycles. The van der Waals surface area contributed by atoms with E-state index in [4.69, 9.17) is 11.6 Å². The van der Waals surface area contributed by atoms with Gasteiger partial charge in [-0.05, 0) is 24.6 Å². The fourth-order valence-electron chi connectivity index (χ4n) is 2.33. The fraction of sp³-hybridized carbons (Fsp3) is 0.188. The van der Waals surface area contributed by atoms with E-state index in [0.29, 0.717) is 0 Å². The summed E-state index contributed by atoms with van der Waals surface area (Å²) in [5.41, 5.74) is 3.38. The van der Waals surface area contributed by atoms with Gasteiger partial charge in [0.1, 0.15) is 0 Å². The molecule has 0 spiro atoms. The first kappa shape index (κ1) is 13.5. The summed E-state index contributed by atoms with van der Waals surface area (Å²) in [7, 11) is 1.96. The molecule has 0 bridgehead atoms. The monoisotopic (exact) mass is 302 g/mol. The van der Waals surface area contributed by atoms with E-state index in [9.17, 15) is 0 Å². The molecule has 3 rings (SSSR count). The molecule has 0 fully saturated rings. The maximum Gasteiger partial charge on any atom is 0.0708 e. The van der Waals surface area contributed by atoms with Crippen molar-refractivity contribution in [3.8, 4) is 0 Å². The summed E-state index contributed by atoms with van der Waals surface area (Å²) in [6, 6.07) is 14.6. The van der Waals surface area contributed by atoms with Gasteiger partial charge in [0, 0.05) is 23.1 Å². The largest absolute Gasteiger partial charge is 0.268 e. The van der Waals surface area contributed by atoms with Crippen molar-refractivity contribution in [3.05, 3.63) is 58.7 Å². The number of fused-ring (bicyclic) bond motifs is 1. The minimum atomic E-state index is 0.781. The third-order valence-electron chi connectivity index (χ3n) is 3.30. The first-order valence-corrected chi connectivity index (χ1v) is 7.81. The van der Waals surface area contributed by atoms with Crippen LogP contribution in [0.5, 0.6) is 0 Å². The number of aromatic nitrogens is 2. The Hall–Kier alpha value is -1.45. The number of rotatable bonds is 3. The summed E-state index contributed by atoms with van der Waals surface area (Å²) >= 11 is 8.19. The SMILES string of the molecule is Cc1nn(C)c2cc(SCc3ccccc3)cc(Cl)c12. The van der Waals surface area contributed by atoms with Crippen molar-refractivity contribution >= 4 is 34.3 Å². The molecule has 0 unspecified atom stereocenters. The Labute approximate surface area is 127 Å². The van der Waals surface area contributed by atoms with E-state index in [1.807, 2.05) is 30.8 Å². The van der Waals surface area contributed by atoms with Crippen LogP contribution in [0.25, 0.3) is 10.9 Å². The number of nitrogens with zero attached hydrogens (tertiary/aromatic N) is 2. The molecule has 20 heavy (non-hydrogen) atoms. The molecule has 2 aromatic carbocycles. The average molecular weight is 303 g/mol. The normalized spacial score (nSPS) is 11.2. The second kappa shape index (κ2) is 5.51. The Morgan fingerprint density at radius 2 is 1.95 bits per heavy atom. The van der Waals surface area contributed by atoms with Crippen LogP contribution < -0.4 is 0 Å². The van der Waals surface area contributed by atoms with Crippen molar-refractivity contribution in [3.63, 3.8) is 0 Å². The molecule has 0 amide bonds. The fourth-order valence-corrected chi connectivity index (χ4v) is 3.67. The zero-order valence-electron chi connectivity index (χ0n) is 11.4. The first-order chi connectivity index (χ1) is 9.65. The van der Waals surface area contributed by atoms with Gasteiger partial charge in [0.25, 0.3) is 0 Å². The van der Waals surface area contributed by atoms with Crippen LogP contribution in [0.1, 0.15) is 11.3 Å². The number of aryl methyl sites for hydroxylation is 2. The molecule has 0 aliphatic rings. The van der Waals surface area contributed by atoms with Crippen molar-refractivity contribution in [2.45, 2.75) is 17.6 Å². The minimum Gasteiger partial charge on any atom is -0.268 e. The van der Waals surface area contributed by atoms with Crippen molar-refractivity contribution in [2.75, 3.05) is 0 Å². The summed E-state index contributed by atoms with van der Waals surface area (Å²) in [6.07, 6.45) is 0. The lowest BCUT2D eigenvalue weighted by Crippen LogP contribution is -1.89. The third-order valence-corrected chi connectivity index (χ3v) is 4.65. The van der Waals surface area contributed by atoms with Gasteiger partial charge in [-0.15, -0.1) is 11.8 Å². The van der Waals surface area contributed by atoms with E-state index in [-0.39, 0.29) is 0 Å². The number of hydrogen-bond donors (Lipinski definition) is 0. The Morgan fingerprint density at radius 3 is 2.70 bits per heavy atom. The molecule has 0 N–H and O–H groups in total. The standard InChI is InChI=1S/C16H15ClN2S/c1-11-16-14(17)8-13(9-15(16)19(2)18-11)20-10-12-6-4-3-5-7-12/h3-9H,10H2,1-2H3. The Bertz CT molecular complexity index is 750. The van der Waals surface area contributed by atoms with Crippen molar-refractivity contribution in [1.29, 1.82) is 0 Å². The highest BCUT2D eigenvalue weighted by molar-refractivity contribution is 7.98. The lowest BCUT2D eigenvalue weighted by atomic mass is 10.2. The second-order valence-corrected chi connectivity index (χ2v) is 6.24. The van der Waals surface area contributed by atoms with Gasteiger partial charge < -0.3 is 0 Å². The maximum absolute atomic E-state index is 6.40. The van der Waals surface area contributed by atoms with Gasteiger partial charge in [0.2, 0.25) is 0 Å². The lowest BCUT2D eigenvalue weighted by molar-refractivity contribution is 0.782. The van der Waals surface area contributed by atoms with Gasteiger partial charge >= 0.3 is 0 Å². The predicted molar refractivity (Wildman–Crippen MR) is 86.5 cm³/mol. The Balaban J connectivity index is 1.91. The van der Waals surface area contributed by atoms with Gasteiger partial charge in [-0.3, -0.25) is 4.68 Å². The minimum absolute atomic E-state index is 0.781. The number of halogens is 1. The molecule has 0 aliphatic heterocycles. The lowest BCUT2D eigenvalue weighted by Gasteiger charge is -2.05. The zero-order chi connectivity index (χ0) is 14.1. The number of benzene rings is 2. The highest BCUT2D eigenvalue weighted by Gasteiger charge is 2.10. The van der Waals surface area contributed by atoms with E-state index in [1.165, 1.54) is 10.5 Å². The predicted octanol–water partition coefficient (Wildman–Crippen LogP) is 4.83. The summed E-state index contributed by atoms with van der Waals surface area (Å²) in [5.74, 6) is 0.944. The van der Waals surface area contributed by atoms with Gasteiger partial charge in [-0.25, -0.2) is 0 Å². The molecule has 0 atom stereocenters. The first-order valence-electron chi connectivity index (χ1n) is 6.45. The average Bonchev–Trinajstić information content (AvgIpc) is 2.73. The van der Waals surface area contributed by atoms with Crippen molar-refractivity contribution in [1.82, 2.24) is 9.78 Å². The second-order valence-electron chi connectivity index (χ2n) is 4.78. The molecule has 0 saturated heterocycles. The third kappa shape index (κ3) is 2.56. The highest BCUT2D eigenvalue weighted by Crippen LogP contribution is 2.33. The Morgan fingerprint density at radius 1 is 1.20 bits per heavy atom. The molecule has 2 nitrogen and oxygen atoms in total. The van der Waals surface area contributed by atoms with Crippen LogP contribution in [-0.2, 0) is 12.8 Å². The molecule has 0 aliphatic carbocycles. The molecule has 3 aromatic rings. The van der Waals surface area contributed by atoms with E-state index in [0.717, 1.165) is 27.4 Å². The molecule has 102 valence electrons. The van der Waals surface area contributed by atoms with Crippen LogP contribution in [0.4, 0.5) is 0 Å². The van der Waals surface area contributed by atoms with Crippen molar-refractivity contribution in [2.24, 2.45) is 7.05 Å². The Kier molecular flexibility index (Phi) is 3.72. The molecule has 0 radical (unpaired) electrons. The summed E-state index contributed by atoms with van der Waals surface area (Å²) in [6.45, 7) is 1.99. The van der Waals surface area contributed by atoms with Crippen LogP contribution in [-0.4, -0.2) is 9.78 Å². The van der Waals surface area contributed by atoms with Crippen LogP contribution in [0.2, 0.25) is 5.02 Å². The highest BCUT2D eigenvalue weighted by atomic mass is 35.5. The van der Waals surface area contributed by atoms with E-state index in [1.54, 1.807) is 11.8 Å². The van der Waals surface area contributed by atoms with Gasteiger partial charge in [-0.2, -0.15) is 5.10 Å². The summed E-state index contributed by atoms with van der Waals surface area (Å²) in [5, 5.41) is 6.27. The van der Waals surface area contributed by atoms with Crippen LogP contribution in [0.3, 0.4) is 0 Å². The zero-order valence-corrected chi connectivity index (χ0v) is 13.0. The molecular weight excluding hydrogens is 288 g/mol. The van der Waals surface area contributed by atoms with Crippen LogP contribution in [0, 0.1) is 6.92 Å². The number of thioether (sulfide) groups is 1. The molecular formula is C16H15ClN2S. The van der Waals surface area contributed by atoms with E-state index in [2.05, 4.69) is 35.4 Å². The van der Waals surface area contributed by atoms with Crippen LogP contribution in [0.15, 0.2) is 47.4 Å². The summed E-state index contributed by atoms with van der Waals surface area (Å²) in [4.78, 5) is 1.18. The van der Waals surface area contributed by atoms with Crippen molar-refractivity contribution < 1.29 is 0 Å². The van der Waals surface area contributed by atoms with Crippen LogP contribution >= 0.6 is 23.4 Å². The molecule has 4 heteroatoms. The molecule has 1 aromatic heterocycles. The summed E-state index contributed by atoms with van der Waals surface area (Å²) < 4.78 is 1.89. The number of hydrogen-bond acceptors (Lipinski definition) is 2.